The highest BCUT2D eigenvalue weighted by Crippen LogP contribution is 2.30. The summed E-state index contributed by atoms with van der Waals surface area (Å²) in [7, 11) is 0. The molecule has 0 saturated heterocycles. The molecule has 3 aromatic rings. The van der Waals surface area contributed by atoms with Gasteiger partial charge in [-0.1, -0.05) is 0 Å². The normalized spacial score (nSPS) is 10.6. The highest BCUT2D eigenvalue weighted by atomic mass is 35.5. The van der Waals surface area contributed by atoms with Crippen molar-refractivity contribution in [2.24, 2.45) is 0 Å². The van der Waals surface area contributed by atoms with E-state index in [2.05, 4.69) is 20.3 Å². The molecule has 0 bridgehead atoms. The van der Waals surface area contributed by atoms with Crippen LogP contribution >= 0.6 is 11.6 Å². The maximum absolute atomic E-state index is 13.8. The summed E-state index contributed by atoms with van der Waals surface area (Å²) in [5, 5.41) is 3.00. The number of hydrogen-bond donors (Lipinski definition) is 1. The summed E-state index contributed by atoms with van der Waals surface area (Å²) in [6, 6.07) is 7.97. The zero-order chi connectivity index (χ0) is 16.4. The van der Waals surface area contributed by atoms with E-state index in [1.165, 1.54) is 0 Å². The number of benzene rings is 1. The maximum atomic E-state index is 13.8. The van der Waals surface area contributed by atoms with Crippen LogP contribution in [0.4, 0.5) is 15.9 Å². The zero-order valence-electron chi connectivity index (χ0n) is 12.6. The van der Waals surface area contributed by atoms with Crippen LogP contribution < -0.4 is 5.32 Å². The molecule has 116 valence electrons. The average Bonchev–Trinajstić information content (AvgIpc) is 2.54. The lowest BCUT2D eigenvalue weighted by Crippen LogP contribution is -2.02. The monoisotopic (exact) mass is 328 g/mol. The molecule has 0 aliphatic rings. The van der Waals surface area contributed by atoms with Crippen LogP contribution in [0.15, 0.2) is 42.9 Å². The number of anilines is 2. The predicted molar refractivity (Wildman–Crippen MR) is 89.4 cm³/mol. The third-order valence-corrected chi connectivity index (χ3v) is 3.69. The number of halogens is 2. The molecule has 3 rings (SSSR count). The molecule has 23 heavy (non-hydrogen) atoms. The van der Waals surface area contributed by atoms with E-state index in [1.54, 1.807) is 12.4 Å². The second-order valence-corrected chi connectivity index (χ2v) is 5.52. The van der Waals surface area contributed by atoms with Crippen molar-refractivity contribution >= 4 is 23.1 Å². The van der Waals surface area contributed by atoms with Crippen LogP contribution in [0.1, 0.15) is 11.1 Å². The second kappa shape index (κ2) is 6.30. The first kappa shape index (κ1) is 15.4. The first-order valence-corrected chi connectivity index (χ1v) is 7.39. The van der Waals surface area contributed by atoms with Crippen molar-refractivity contribution in [1.29, 1.82) is 0 Å². The molecule has 2 aromatic heterocycles. The molecule has 0 radical (unpaired) electrons. The first-order chi connectivity index (χ1) is 11.0. The molecular formula is C17H14ClFN4. The Balaban J connectivity index is 2.00. The third-order valence-electron chi connectivity index (χ3n) is 3.50. The molecule has 0 saturated carbocycles. The van der Waals surface area contributed by atoms with Crippen molar-refractivity contribution in [2.75, 3.05) is 5.32 Å². The number of hydrogen-bond acceptors (Lipinski definition) is 4. The summed E-state index contributed by atoms with van der Waals surface area (Å²) in [6.45, 7) is 3.92. The van der Waals surface area contributed by atoms with E-state index in [9.17, 15) is 4.39 Å². The lowest BCUT2D eigenvalue weighted by molar-refractivity contribution is 0.619. The number of rotatable bonds is 3. The Bertz CT molecular complexity index is 829. The summed E-state index contributed by atoms with van der Waals surface area (Å²) in [5.41, 5.74) is 4.91. The molecule has 0 spiro atoms. The van der Waals surface area contributed by atoms with Crippen molar-refractivity contribution in [3.63, 3.8) is 0 Å². The van der Waals surface area contributed by atoms with Gasteiger partial charge in [0.1, 0.15) is 0 Å². The van der Waals surface area contributed by atoms with Crippen LogP contribution in [0.25, 0.3) is 11.1 Å². The minimum absolute atomic E-state index is 0.00221. The Hall–Kier alpha value is -2.53. The highest BCUT2D eigenvalue weighted by molar-refractivity contribution is 6.28. The number of pyridine rings is 1. The van der Waals surface area contributed by atoms with Crippen LogP contribution in [0, 0.1) is 19.7 Å². The van der Waals surface area contributed by atoms with E-state index in [1.807, 2.05) is 38.1 Å². The van der Waals surface area contributed by atoms with Gasteiger partial charge in [-0.2, -0.15) is 4.98 Å². The molecule has 0 amide bonds. The van der Waals surface area contributed by atoms with Gasteiger partial charge in [0.15, 0.2) is 11.6 Å². The van der Waals surface area contributed by atoms with E-state index in [-0.39, 0.29) is 11.1 Å². The summed E-state index contributed by atoms with van der Waals surface area (Å²) in [4.78, 5) is 11.5. The molecule has 1 N–H and O–H groups in total. The topological polar surface area (TPSA) is 50.7 Å². The Kier molecular flexibility index (Phi) is 4.21. The van der Waals surface area contributed by atoms with Crippen LogP contribution in [0.2, 0.25) is 5.28 Å². The molecule has 4 nitrogen and oxygen atoms in total. The van der Waals surface area contributed by atoms with Gasteiger partial charge < -0.3 is 5.32 Å². The maximum Gasteiger partial charge on any atom is 0.224 e. The fourth-order valence-corrected chi connectivity index (χ4v) is 2.56. The van der Waals surface area contributed by atoms with E-state index in [0.717, 1.165) is 34.1 Å². The summed E-state index contributed by atoms with van der Waals surface area (Å²) in [5.74, 6) is -0.487. The molecule has 0 aliphatic carbocycles. The van der Waals surface area contributed by atoms with Gasteiger partial charge in [-0.05, 0) is 72.0 Å². The van der Waals surface area contributed by atoms with E-state index >= 15 is 0 Å². The Labute approximate surface area is 138 Å². The lowest BCUT2D eigenvalue weighted by Gasteiger charge is -2.15. The van der Waals surface area contributed by atoms with Gasteiger partial charge in [0.25, 0.3) is 0 Å². The van der Waals surface area contributed by atoms with Gasteiger partial charge >= 0.3 is 0 Å². The molecule has 0 atom stereocenters. The number of aromatic nitrogens is 3. The fraction of sp³-hybridized carbons (Fsp3) is 0.118. The highest BCUT2D eigenvalue weighted by Gasteiger charge is 2.11. The molecule has 2 heterocycles. The van der Waals surface area contributed by atoms with Crippen LogP contribution in [-0.4, -0.2) is 15.0 Å². The van der Waals surface area contributed by atoms with Gasteiger partial charge in [-0.25, -0.2) is 9.37 Å². The average molecular weight is 329 g/mol. The summed E-state index contributed by atoms with van der Waals surface area (Å²) >= 11 is 5.73. The van der Waals surface area contributed by atoms with Crippen LogP contribution in [0.3, 0.4) is 0 Å². The first-order valence-electron chi connectivity index (χ1n) is 7.01. The number of nitrogens with one attached hydrogen (secondary N) is 1. The Morgan fingerprint density at radius 1 is 1.04 bits per heavy atom. The van der Waals surface area contributed by atoms with Crippen LogP contribution in [-0.2, 0) is 0 Å². The van der Waals surface area contributed by atoms with Crippen molar-refractivity contribution in [3.05, 3.63) is 65.1 Å². The predicted octanol–water partition coefficient (Wildman–Crippen LogP) is 4.69. The van der Waals surface area contributed by atoms with Crippen LogP contribution in [0.5, 0.6) is 0 Å². The quantitative estimate of drug-likeness (QED) is 0.708. The van der Waals surface area contributed by atoms with Crippen molar-refractivity contribution in [1.82, 2.24) is 15.0 Å². The van der Waals surface area contributed by atoms with Gasteiger partial charge in [-0.3, -0.25) is 4.98 Å². The SMILES string of the molecule is Cc1cc(-c2ccncc2)cc(C)c1Nc1nc(Cl)ncc1F. The molecular weight excluding hydrogens is 315 g/mol. The third kappa shape index (κ3) is 3.29. The molecule has 0 fully saturated rings. The van der Waals surface area contributed by atoms with Crippen molar-refractivity contribution < 1.29 is 4.39 Å². The van der Waals surface area contributed by atoms with Crippen molar-refractivity contribution in [3.8, 4) is 11.1 Å². The standard InChI is InChI=1S/C17H14ClFN4/c1-10-7-13(12-3-5-20-6-4-12)8-11(2)15(10)22-16-14(19)9-21-17(18)23-16/h3-9H,1-2H3,(H,21,22,23). The van der Waals surface area contributed by atoms with Gasteiger partial charge in [0, 0.05) is 18.1 Å². The lowest BCUT2D eigenvalue weighted by atomic mass is 9.99. The van der Waals surface area contributed by atoms with Crippen molar-refractivity contribution in [2.45, 2.75) is 13.8 Å². The van der Waals surface area contributed by atoms with Gasteiger partial charge in [0.05, 0.1) is 6.20 Å². The minimum Gasteiger partial charge on any atom is -0.337 e. The van der Waals surface area contributed by atoms with E-state index < -0.39 is 5.82 Å². The summed E-state index contributed by atoms with van der Waals surface area (Å²) in [6.07, 6.45) is 4.56. The van der Waals surface area contributed by atoms with Gasteiger partial charge in [0.2, 0.25) is 5.28 Å². The molecule has 6 heteroatoms. The molecule has 0 aliphatic heterocycles. The zero-order valence-corrected chi connectivity index (χ0v) is 13.4. The van der Waals surface area contributed by atoms with E-state index in [4.69, 9.17) is 11.6 Å². The van der Waals surface area contributed by atoms with E-state index in [0.29, 0.717) is 0 Å². The van der Waals surface area contributed by atoms with Gasteiger partial charge in [-0.15, -0.1) is 0 Å². The second-order valence-electron chi connectivity index (χ2n) is 5.18. The molecule has 0 unspecified atom stereocenters. The summed E-state index contributed by atoms with van der Waals surface area (Å²) < 4.78 is 13.8. The Morgan fingerprint density at radius 3 is 2.35 bits per heavy atom. The number of aryl methyl sites for hydroxylation is 2. The largest absolute Gasteiger partial charge is 0.337 e. The smallest absolute Gasteiger partial charge is 0.224 e. The fourth-order valence-electron chi connectivity index (χ4n) is 2.42. The molecule has 1 aromatic carbocycles. The minimum atomic E-state index is -0.550. The Morgan fingerprint density at radius 2 is 1.70 bits per heavy atom. The number of nitrogens with zero attached hydrogens (tertiary/aromatic N) is 3.